The summed E-state index contributed by atoms with van der Waals surface area (Å²) in [7, 11) is 0. The van der Waals surface area contributed by atoms with Crippen LogP contribution in [-0.4, -0.2) is 10.1 Å². The molecule has 0 radical (unpaired) electrons. The minimum Gasteiger partial charge on any atom is -0.347 e. The summed E-state index contributed by atoms with van der Waals surface area (Å²) >= 11 is 0. The zero-order valence-corrected chi connectivity index (χ0v) is 12.2. The molecular formula is C17H24N2. The molecule has 19 heavy (non-hydrogen) atoms. The highest BCUT2D eigenvalue weighted by Crippen LogP contribution is 2.21. The number of hydrogen-bond donors (Lipinski definition) is 1. The molecule has 1 N–H and O–H groups in total. The van der Waals surface area contributed by atoms with Gasteiger partial charge in [-0.2, -0.15) is 0 Å². The summed E-state index contributed by atoms with van der Waals surface area (Å²) in [6.07, 6.45) is 5.15. The molecular weight excluding hydrogens is 232 g/mol. The smallest absolute Gasteiger partial charge is 0.0525 e. The maximum absolute atomic E-state index is 3.81. The summed E-state index contributed by atoms with van der Waals surface area (Å²) in [4.78, 5) is 0. The zero-order chi connectivity index (χ0) is 13.9. The van der Waals surface area contributed by atoms with Crippen LogP contribution in [0.3, 0.4) is 0 Å². The quantitative estimate of drug-likeness (QED) is 0.797. The van der Waals surface area contributed by atoms with Crippen molar-refractivity contribution in [3.8, 4) is 0 Å². The molecule has 0 atom stereocenters. The number of aromatic nitrogens is 1. The molecule has 0 aliphatic carbocycles. The van der Waals surface area contributed by atoms with E-state index in [4.69, 9.17) is 0 Å². The maximum atomic E-state index is 3.81. The zero-order valence-electron chi connectivity index (χ0n) is 12.2. The number of benzene rings is 1. The Bertz CT molecular complexity index is 558. The van der Waals surface area contributed by atoms with Gasteiger partial charge in [-0.15, -0.1) is 6.58 Å². The molecule has 2 nitrogen and oxygen atoms in total. The average molecular weight is 256 g/mol. The van der Waals surface area contributed by atoms with Crippen molar-refractivity contribution in [2.75, 3.05) is 0 Å². The van der Waals surface area contributed by atoms with Crippen LogP contribution in [0, 0.1) is 0 Å². The fourth-order valence-corrected chi connectivity index (χ4v) is 2.26. The van der Waals surface area contributed by atoms with Gasteiger partial charge in [0.05, 0.1) is 5.52 Å². The van der Waals surface area contributed by atoms with Gasteiger partial charge in [0.25, 0.3) is 0 Å². The van der Waals surface area contributed by atoms with Crippen molar-refractivity contribution in [2.24, 2.45) is 0 Å². The average Bonchev–Trinajstić information content (AvgIpc) is 2.76. The van der Waals surface area contributed by atoms with Gasteiger partial charge in [0, 0.05) is 24.8 Å². The van der Waals surface area contributed by atoms with Gasteiger partial charge in [-0.1, -0.05) is 24.3 Å². The molecule has 2 rings (SSSR count). The first kappa shape index (κ1) is 13.9. The summed E-state index contributed by atoms with van der Waals surface area (Å²) in [5.74, 6) is 0. The first-order chi connectivity index (χ1) is 9.01. The molecule has 0 amide bonds. The van der Waals surface area contributed by atoms with Gasteiger partial charge in [-0.25, -0.2) is 0 Å². The van der Waals surface area contributed by atoms with Crippen molar-refractivity contribution < 1.29 is 0 Å². The standard InChI is InChI=1S/C17H24N2/c1-5-6-11-19-12-10-14-8-7-9-15(16(14)19)13-18-17(2,3)4/h5,7-10,12,18H,1,6,11,13H2,2-4H3. The molecule has 0 aliphatic rings. The first-order valence-corrected chi connectivity index (χ1v) is 6.94. The number of nitrogens with one attached hydrogen (secondary N) is 1. The highest BCUT2D eigenvalue weighted by atomic mass is 15.0. The molecule has 0 spiro atoms. The van der Waals surface area contributed by atoms with Gasteiger partial charge < -0.3 is 9.88 Å². The molecule has 2 aromatic rings. The van der Waals surface area contributed by atoms with Gasteiger partial charge in [0.15, 0.2) is 0 Å². The topological polar surface area (TPSA) is 17.0 Å². The largest absolute Gasteiger partial charge is 0.347 e. The van der Waals surface area contributed by atoms with E-state index < -0.39 is 0 Å². The number of fused-ring (bicyclic) bond motifs is 1. The van der Waals surface area contributed by atoms with Crippen LogP contribution in [0.1, 0.15) is 32.8 Å². The van der Waals surface area contributed by atoms with Crippen LogP contribution in [0.25, 0.3) is 10.9 Å². The lowest BCUT2D eigenvalue weighted by Crippen LogP contribution is -2.35. The third-order valence-corrected chi connectivity index (χ3v) is 3.26. The summed E-state index contributed by atoms with van der Waals surface area (Å²) in [5.41, 5.74) is 2.85. The van der Waals surface area contributed by atoms with E-state index >= 15 is 0 Å². The Labute approximate surface area is 116 Å². The highest BCUT2D eigenvalue weighted by Gasteiger charge is 2.11. The van der Waals surface area contributed by atoms with E-state index in [0.717, 1.165) is 19.5 Å². The number of allylic oxidation sites excluding steroid dienone is 1. The molecule has 0 saturated heterocycles. The summed E-state index contributed by atoms with van der Waals surface area (Å²) in [5, 5.41) is 4.89. The number of para-hydroxylation sites is 1. The van der Waals surface area contributed by atoms with Crippen molar-refractivity contribution >= 4 is 10.9 Å². The Hall–Kier alpha value is -1.54. The second kappa shape index (κ2) is 5.62. The molecule has 0 saturated carbocycles. The molecule has 0 bridgehead atoms. The van der Waals surface area contributed by atoms with Crippen molar-refractivity contribution in [3.63, 3.8) is 0 Å². The third-order valence-electron chi connectivity index (χ3n) is 3.26. The van der Waals surface area contributed by atoms with Crippen LogP contribution in [0.5, 0.6) is 0 Å². The number of hydrogen-bond acceptors (Lipinski definition) is 1. The molecule has 0 fully saturated rings. The monoisotopic (exact) mass is 256 g/mol. The van der Waals surface area contributed by atoms with Gasteiger partial charge in [-0.3, -0.25) is 0 Å². The van der Waals surface area contributed by atoms with Crippen LogP contribution in [0.2, 0.25) is 0 Å². The second-order valence-corrected chi connectivity index (χ2v) is 6.05. The Morgan fingerprint density at radius 1 is 1.26 bits per heavy atom. The van der Waals surface area contributed by atoms with Crippen molar-refractivity contribution in [1.82, 2.24) is 9.88 Å². The molecule has 0 aliphatic heterocycles. The molecule has 1 heterocycles. The number of rotatable bonds is 5. The number of aryl methyl sites for hydroxylation is 1. The molecule has 102 valence electrons. The van der Waals surface area contributed by atoms with Crippen LogP contribution in [-0.2, 0) is 13.1 Å². The van der Waals surface area contributed by atoms with Gasteiger partial charge in [-0.05, 0) is 44.2 Å². The van der Waals surface area contributed by atoms with Crippen LogP contribution < -0.4 is 5.32 Å². The van der Waals surface area contributed by atoms with E-state index in [0.29, 0.717) is 0 Å². The van der Waals surface area contributed by atoms with E-state index in [9.17, 15) is 0 Å². The van der Waals surface area contributed by atoms with Crippen LogP contribution in [0.15, 0.2) is 43.1 Å². The van der Waals surface area contributed by atoms with E-state index in [-0.39, 0.29) is 5.54 Å². The Kier molecular flexibility index (Phi) is 4.11. The van der Waals surface area contributed by atoms with Crippen molar-refractivity contribution in [1.29, 1.82) is 0 Å². The Balaban J connectivity index is 2.31. The summed E-state index contributed by atoms with van der Waals surface area (Å²) in [6.45, 7) is 12.3. The number of nitrogens with zero attached hydrogens (tertiary/aromatic N) is 1. The molecule has 2 heteroatoms. The predicted octanol–water partition coefficient (Wildman–Crippen LogP) is 4.11. The van der Waals surface area contributed by atoms with E-state index in [1.807, 2.05) is 6.08 Å². The Morgan fingerprint density at radius 3 is 2.74 bits per heavy atom. The lowest BCUT2D eigenvalue weighted by Gasteiger charge is -2.21. The lowest BCUT2D eigenvalue weighted by atomic mass is 10.1. The van der Waals surface area contributed by atoms with Gasteiger partial charge >= 0.3 is 0 Å². The normalized spacial score (nSPS) is 11.9. The minimum absolute atomic E-state index is 0.140. The first-order valence-electron chi connectivity index (χ1n) is 6.94. The van der Waals surface area contributed by atoms with Crippen LogP contribution >= 0.6 is 0 Å². The second-order valence-electron chi connectivity index (χ2n) is 6.05. The SMILES string of the molecule is C=CCCn1ccc2cccc(CNC(C)(C)C)c21. The molecule has 1 aromatic heterocycles. The predicted molar refractivity (Wildman–Crippen MR) is 83.3 cm³/mol. The van der Waals surface area contributed by atoms with Gasteiger partial charge in [0.2, 0.25) is 0 Å². The fraction of sp³-hybridized carbons (Fsp3) is 0.412. The van der Waals surface area contributed by atoms with E-state index in [2.05, 4.69) is 67.7 Å². The van der Waals surface area contributed by atoms with Crippen molar-refractivity contribution in [2.45, 2.75) is 45.8 Å². The fourth-order valence-electron chi connectivity index (χ4n) is 2.26. The summed E-state index contributed by atoms with van der Waals surface area (Å²) < 4.78 is 2.33. The van der Waals surface area contributed by atoms with E-state index in [1.54, 1.807) is 0 Å². The van der Waals surface area contributed by atoms with Crippen molar-refractivity contribution in [3.05, 3.63) is 48.7 Å². The highest BCUT2D eigenvalue weighted by molar-refractivity contribution is 5.83. The molecule has 0 unspecified atom stereocenters. The van der Waals surface area contributed by atoms with E-state index in [1.165, 1.54) is 16.5 Å². The lowest BCUT2D eigenvalue weighted by molar-refractivity contribution is 0.424. The molecule has 1 aromatic carbocycles. The van der Waals surface area contributed by atoms with Gasteiger partial charge in [0.1, 0.15) is 0 Å². The Morgan fingerprint density at radius 2 is 2.05 bits per heavy atom. The summed E-state index contributed by atoms with van der Waals surface area (Å²) in [6, 6.07) is 8.73. The van der Waals surface area contributed by atoms with Crippen LogP contribution in [0.4, 0.5) is 0 Å². The maximum Gasteiger partial charge on any atom is 0.0525 e. The minimum atomic E-state index is 0.140. The third kappa shape index (κ3) is 3.48.